The van der Waals surface area contributed by atoms with Crippen LogP contribution in [0.3, 0.4) is 0 Å². The molecule has 1 aromatic carbocycles. The van der Waals surface area contributed by atoms with Crippen molar-refractivity contribution < 1.29 is 14.5 Å². The van der Waals surface area contributed by atoms with Gasteiger partial charge in [0.2, 0.25) is 0 Å². The van der Waals surface area contributed by atoms with E-state index in [0.29, 0.717) is 17.2 Å². The van der Waals surface area contributed by atoms with Crippen LogP contribution in [-0.4, -0.2) is 30.2 Å². The lowest BCUT2D eigenvalue weighted by atomic mass is 9.93. The summed E-state index contributed by atoms with van der Waals surface area (Å²) in [5.74, 6) is 0.392. The standard InChI is InChI=1S/C16H23N3O4/c1-10-8-11(2)15(19(21)22)9-14(10)18-16(20)17-12(3)13-4-6-23-7-5-13/h8-9,12-13H,4-7H2,1-3H3,(H2,17,18,20)/t12-/m1/s1. The van der Waals surface area contributed by atoms with Crippen LogP contribution < -0.4 is 10.6 Å². The van der Waals surface area contributed by atoms with Crippen LogP contribution in [0.4, 0.5) is 16.2 Å². The first kappa shape index (κ1) is 17.2. The van der Waals surface area contributed by atoms with Gasteiger partial charge in [-0.15, -0.1) is 0 Å². The SMILES string of the molecule is Cc1cc(C)c([N+](=O)[O-])cc1NC(=O)N[C@H](C)C1CCOCC1. The van der Waals surface area contributed by atoms with Crippen LogP contribution in [-0.2, 0) is 4.74 Å². The maximum absolute atomic E-state index is 12.2. The molecule has 1 heterocycles. The smallest absolute Gasteiger partial charge is 0.319 e. The number of carbonyl (C=O) groups excluding carboxylic acids is 1. The van der Waals surface area contributed by atoms with Crippen molar-refractivity contribution in [2.45, 2.75) is 39.7 Å². The van der Waals surface area contributed by atoms with Crippen molar-refractivity contribution in [1.29, 1.82) is 0 Å². The Morgan fingerprint density at radius 1 is 1.30 bits per heavy atom. The second-order valence-electron chi connectivity index (χ2n) is 6.05. The lowest BCUT2D eigenvalue weighted by molar-refractivity contribution is -0.385. The Balaban J connectivity index is 2.02. The summed E-state index contributed by atoms with van der Waals surface area (Å²) in [6, 6.07) is 2.80. The molecule has 23 heavy (non-hydrogen) atoms. The minimum absolute atomic E-state index is 0.00313. The number of rotatable bonds is 4. The molecule has 126 valence electrons. The number of aryl methyl sites for hydroxylation is 2. The molecule has 2 N–H and O–H groups in total. The minimum Gasteiger partial charge on any atom is -0.381 e. The zero-order valence-corrected chi connectivity index (χ0v) is 13.7. The predicted octanol–water partition coefficient (Wildman–Crippen LogP) is 3.15. The number of nitro groups is 1. The van der Waals surface area contributed by atoms with Gasteiger partial charge in [-0.25, -0.2) is 4.79 Å². The number of benzene rings is 1. The number of nitro benzene ring substituents is 1. The third-order valence-corrected chi connectivity index (χ3v) is 4.32. The Hall–Kier alpha value is -2.15. The number of hydrogen-bond acceptors (Lipinski definition) is 4. The summed E-state index contributed by atoms with van der Waals surface area (Å²) in [5, 5.41) is 16.7. The molecule has 0 spiro atoms. The number of nitrogens with zero attached hydrogens (tertiary/aromatic N) is 1. The first-order valence-electron chi connectivity index (χ1n) is 7.79. The molecule has 0 aromatic heterocycles. The topological polar surface area (TPSA) is 93.5 Å². The summed E-state index contributed by atoms with van der Waals surface area (Å²) in [5.41, 5.74) is 1.83. The van der Waals surface area contributed by atoms with E-state index in [9.17, 15) is 14.9 Å². The lowest BCUT2D eigenvalue weighted by Gasteiger charge is -2.28. The minimum atomic E-state index is -0.442. The molecule has 0 saturated carbocycles. The Morgan fingerprint density at radius 3 is 2.57 bits per heavy atom. The average molecular weight is 321 g/mol. The van der Waals surface area contributed by atoms with Crippen molar-refractivity contribution in [3.05, 3.63) is 33.4 Å². The molecule has 7 heteroatoms. The molecule has 1 aromatic rings. The van der Waals surface area contributed by atoms with E-state index in [2.05, 4.69) is 10.6 Å². The van der Waals surface area contributed by atoms with Gasteiger partial charge in [-0.05, 0) is 51.2 Å². The largest absolute Gasteiger partial charge is 0.381 e. The van der Waals surface area contributed by atoms with Crippen LogP contribution in [0, 0.1) is 29.9 Å². The van der Waals surface area contributed by atoms with Crippen LogP contribution in [0.2, 0.25) is 0 Å². The van der Waals surface area contributed by atoms with Crippen LogP contribution in [0.15, 0.2) is 12.1 Å². The van der Waals surface area contributed by atoms with Gasteiger partial charge in [0.15, 0.2) is 0 Å². The summed E-state index contributed by atoms with van der Waals surface area (Å²) >= 11 is 0. The summed E-state index contributed by atoms with van der Waals surface area (Å²) in [6.45, 7) is 6.92. The van der Waals surface area contributed by atoms with Crippen molar-refractivity contribution >= 4 is 17.4 Å². The highest BCUT2D eigenvalue weighted by Crippen LogP contribution is 2.26. The Bertz CT molecular complexity index is 597. The zero-order chi connectivity index (χ0) is 17.0. The highest BCUT2D eigenvalue weighted by molar-refractivity contribution is 5.90. The molecular weight excluding hydrogens is 298 g/mol. The second kappa shape index (κ2) is 7.41. The van der Waals surface area contributed by atoms with Crippen molar-refractivity contribution in [1.82, 2.24) is 5.32 Å². The fraction of sp³-hybridized carbons (Fsp3) is 0.562. The number of amides is 2. The van der Waals surface area contributed by atoms with Crippen LogP contribution in [0.25, 0.3) is 0 Å². The molecule has 1 aliphatic heterocycles. The van der Waals surface area contributed by atoms with Crippen molar-refractivity contribution in [2.75, 3.05) is 18.5 Å². The molecule has 1 atom stereocenters. The highest BCUT2D eigenvalue weighted by Gasteiger charge is 2.22. The van der Waals surface area contributed by atoms with Gasteiger partial charge in [-0.2, -0.15) is 0 Å². The molecule has 0 aliphatic carbocycles. The van der Waals surface area contributed by atoms with Gasteiger partial charge < -0.3 is 15.4 Å². The molecule has 0 radical (unpaired) electrons. The number of hydrogen-bond donors (Lipinski definition) is 2. The molecule has 0 unspecified atom stereocenters. The van der Waals surface area contributed by atoms with Gasteiger partial charge in [0, 0.05) is 30.9 Å². The summed E-state index contributed by atoms with van der Waals surface area (Å²) in [6.07, 6.45) is 1.85. The summed E-state index contributed by atoms with van der Waals surface area (Å²) in [7, 11) is 0. The molecule has 0 bridgehead atoms. The summed E-state index contributed by atoms with van der Waals surface area (Å²) < 4.78 is 5.32. The van der Waals surface area contributed by atoms with E-state index in [1.54, 1.807) is 13.0 Å². The van der Waals surface area contributed by atoms with Crippen molar-refractivity contribution in [3.8, 4) is 0 Å². The van der Waals surface area contributed by atoms with E-state index < -0.39 is 4.92 Å². The third kappa shape index (κ3) is 4.41. The molecule has 1 saturated heterocycles. The van der Waals surface area contributed by atoms with Gasteiger partial charge in [0.25, 0.3) is 5.69 Å². The van der Waals surface area contributed by atoms with E-state index in [1.807, 2.05) is 13.8 Å². The first-order valence-corrected chi connectivity index (χ1v) is 7.79. The predicted molar refractivity (Wildman–Crippen MR) is 87.7 cm³/mol. The van der Waals surface area contributed by atoms with Gasteiger partial charge in [-0.3, -0.25) is 10.1 Å². The van der Waals surface area contributed by atoms with E-state index in [4.69, 9.17) is 4.74 Å². The normalized spacial score (nSPS) is 16.7. The van der Waals surface area contributed by atoms with Gasteiger partial charge in [-0.1, -0.05) is 0 Å². The molecular formula is C16H23N3O4. The van der Waals surface area contributed by atoms with Crippen molar-refractivity contribution in [2.24, 2.45) is 5.92 Å². The number of carbonyl (C=O) groups is 1. The van der Waals surface area contributed by atoms with Gasteiger partial charge >= 0.3 is 6.03 Å². The van der Waals surface area contributed by atoms with Gasteiger partial charge in [0.05, 0.1) is 10.6 Å². The maximum atomic E-state index is 12.2. The quantitative estimate of drug-likeness (QED) is 0.658. The maximum Gasteiger partial charge on any atom is 0.319 e. The van der Waals surface area contributed by atoms with Crippen LogP contribution in [0.5, 0.6) is 0 Å². The van der Waals surface area contributed by atoms with E-state index in [-0.39, 0.29) is 17.8 Å². The molecule has 1 aliphatic rings. The highest BCUT2D eigenvalue weighted by atomic mass is 16.6. The van der Waals surface area contributed by atoms with Gasteiger partial charge in [0.1, 0.15) is 0 Å². The third-order valence-electron chi connectivity index (χ3n) is 4.32. The fourth-order valence-corrected chi connectivity index (χ4v) is 2.87. The monoisotopic (exact) mass is 321 g/mol. The lowest BCUT2D eigenvalue weighted by Crippen LogP contribution is -2.42. The number of urea groups is 1. The first-order chi connectivity index (χ1) is 10.9. The molecule has 1 fully saturated rings. The fourth-order valence-electron chi connectivity index (χ4n) is 2.87. The molecule has 7 nitrogen and oxygen atoms in total. The number of anilines is 1. The van der Waals surface area contributed by atoms with E-state index in [1.165, 1.54) is 6.07 Å². The second-order valence-corrected chi connectivity index (χ2v) is 6.05. The average Bonchev–Trinajstić information content (AvgIpc) is 2.50. The van der Waals surface area contributed by atoms with Crippen LogP contribution in [0.1, 0.15) is 30.9 Å². The Kier molecular flexibility index (Phi) is 5.54. The number of nitrogens with one attached hydrogen (secondary N) is 2. The number of ether oxygens (including phenoxy) is 1. The Labute approximate surface area is 135 Å². The Morgan fingerprint density at radius 2 is 1.96 bits per heavy atom. The van der Waals surface area contributed by atoms with E-state index >= 15 is 0 Å². The molecule has 2 amide bonds. The summed E-state index contributed by atoms with van der Waals surface area (Å²) in [4.78, 5) is 22.7. The zero-order valence-electron chi connectivity index (χ0n) is 13.7. The van der Waals surface area contributed by atoms with Crippen molar-refractivity contribution in [3.63, 3.8) is 0 Å². The van der Waals surface area contributed by atoms with E-state index in [0.717, 1.165) is 31.6 Å². The van der Waals surface area contributed by atoms with Crippen LogP contribution >= 0.6 is 0 Å². The molecule has 2 rings (SSSR count).